The van der Waals surface area contributed by atoms with Gasteiger partial charge in [-0.25, -0.2) is 4.39 Å². The summed E-state index contributed by atoms with van der Waals surface area (Å²) in [4.78, 5) is 0. The van der Waals surface area contributed by atoms with Crippen LogP contribution in [0, 0.1) is 19.7 Å². The highest BCUT2D eigenvalue weighted by Gasteiger charge is 2.03. The van der Waals surface area contributed by atoms with Crippen LogP contribution in [0.4, 0.5) is 10.1 Å². The van der Waals surface area contributed by atoms with Gasteiger partial charge in [0, 0.05) is 16.7 Å². The predicted molar refractivity (Wildman–Crippen MR) is 77.3 cm³/mol. The molecular formula is C15H15BrFN. The predicted octanol–water partition coefficient (Wildman–Crippen LogP) is 4.82. The molecule has 2 rings (SSSR count). The minimum absolute atomic E-state index is 0.212. The van der Waals surface area contributed by atoms with Gasteiger partial charge in [-0.2, -0.15) is 0 Å². The molecule has 0 amide bonds. The first kappa shape index (κ1) is 13.1. The third kappa shape index (κ3) is 3.10. The van der Waals surface area contributed by atoms with Gasteiger partial charge in [-0.15, -0.1) is 0 Å². The van der Waals surface area contributed by atoms with Crippen molar-refractivity contribution in [2.24, 2.45) is 0 Å². The molecule has 1 nitrogen and oxygen atoms in total. The maximum Gasteiger partial charge on any atom is 0.123 e. The lowest BCUT2D eigenvalue weighted by atomic mass is 10.1. The Morgan fingerprint density at radius 3 is 2.61 bits per heavy atom. The topological polar surface area (TPSA) is 12.0 Å². The van der Waals surface area contributed by atoms with Gasteiger partial charge in [-0.05, 0) is 49.2 Å². The van der Waals surface area contributed by atoms with Gasteiger partial charge >= 0.3 is 0 Å². The Kier molecular flexibility index (Phi) is 4.02. The first-order valence-corrected chi connectivity index (χ1v) is 6.60. The molecule has 94 valence electrons. The molecule has 2 aromatic carbocycles. The molecule has 2 aromatic rings. The zero-order chi connectivity index (χ0) is 13.1. The lowest BCUT2D eigenvalue weighted by Crippen LogP contribution is -2.02. The first-order valence-electron chi connectivity index (χ1n) is 5.81. The summed E-state index contributed by atoms with van der Waals surface area (Å²) in [5.74, 6) is -0.212. The molecule has 0 aliphatic heterocycles. The summed E-state index contributed by atoms with van der Waals surface area (Å²) in [6, 6.07) is 11.0. The van der Waals surface area contributed by atoms with Gasteiger partial charge in [0.05, 0.1) is 0 Å². The van der Waals surface area contributed by atoms with Gasteiger partial charge in [-0.3, -0.25) is 0 Å². The number of anilines is 1. The number of nitrogens with one attached hydrogen (secondary N) is 1. The molecule has 0 spiro atoms. The Balaban J connectivity index is 2.13. The van der Waals surface area contributed by atoms with E-state index in [4.69, 9.17) is 0 Å². The lowest BCUT2D eigenvalue weighted by Gasteiger charge is -2.11. The molecule has 0 atom stereocenters. The van der Waals surface area contributed by atoms with E-state index < -0.39 is 0 Å². The van der Waals surface area contributed by atoms with Gasteiger partial charge in [-0.1, -0.05) is 33.6 Å². The largest absolute Gasteiger partial charge is 0.381 e. The number of aryl methyl sites for hydroxylation is 2. The monoisotopic (exact) mass is 307 g/mol. The van der Waals surface area contributed by atoms with Crippen molar-refractivity contribution >= 4 is 21.6 Å². The van der Waals surface area contributed by atoms with E-state index in [-0.39, 0.29) is 5.82 Å². The fraction of sp³-hybridized carbons (Fsp3) is 0.200. The van der Waals surface area contributed by atoms with Crippen molar-refractivity contribution in [1.82, 2.24) is 0 Å². The van der Waals surface area contributed by atoms with Gasteiger partial charge < -0.3 is 5.32 Å². The summed E-state index contributed by atoms with van der Waals surface area (Å²) in [6.07, 6.45) is 0. The molecule has 0 heterocycles. The van der Waals surface area contributed by atoms with E-state index in [0.29, 0.717) is 6.54 Å². The van der Waals surface area contributed by atoms with Gasteiger partial charge in [0.15, 0.2) is 0 Å². The van der Waals surface area contributed by atoms with Crippen LogP contribution in [0.5, 0.6) is 0 Å². The van der Waals surface area contributed by atoms with Crippen LogP contribution in [-0.4, -0.2) is 0 Å². The summed E-state index contributed by atoms with van der Waals surface area (Å²) < 4.78 is 14.1. The van der Waals surface area contributed by atoms with Crippen molar-refractivity contribution in [3.05, 3.63) is 63.4 Å². The summed E-state index contributed by atoms with van der Waals surface area (Å²) in [5, 5.41) is 3.33. The summed E-state index contributed by atoms with van der Waals surface area (Å²) >= 11 is 3.43. The highest BCUT2D eigenvalue weighted by Crippen LogP contribution is 2.21. The Morgan fingerprint density at radius 1 is 1.11 bits per heavy atom. The molecule has 0 aliphatic carbocycles. The van der Waals surface area contributed by atoms with Crippen LogP contribution in [0.25, 0.3) is 0 Å². The zero-order valence-electron chi connectivity index (χ0n) is 10.4. The molecule has 0 saturated carbocycles. The maximum absolute atomic E-state index is 13.2. The number of hydrogen-bond donors (Lipinski definition) is 1. The minimum Gasteiger partial charge on any atom is -0.381 e. The molecule has 0 fully saturated rings. The second-order valence-corrected chi connectivity index (χ2v) is 5.26. The van der Waals surface area contributed by atoms with E-state index in [9.17, 15) is 4.39 Å². The second-order valence-electron chi connectivity index (χ2n) is 4.41. The smallest absolute Gasteiger partial charge is 0.123 e. The van der Waals surface area contributed by atoms with Crippen LogP contribution in [0.3, 0.4) is 0 Å². The fourth-order valence-corrected chi connectivity index (χ4v) is 2.27. The third-order valence-corrected chi connectivity index (χ3v) is 3.63. The normalized spacial score (nSPS) is 10.4. The highest BCUT2D eigenvalue weighted by atomic mass is 79.9. The molecular weight excluding hydrogens is 293 g/mol. The number of hydrogen-bond acceptors (Lipinski definition) is 1. The van der Waals surface area contributed by atoms with E-state index in [1.807, 2.05) is 0 Å². The maximum atomic E-state index is 13.2. The van der Waals surface area contributed by atoms with Crippen LogP contribution in [0.15, 0.2) is 40.9 Å². The molecule has 0 aromatic heterocycles. The van der Waals surface area contributed by atoms with Gasteiger partial charge in [0.2, 0.25) is 0 Å². The molecule has 0 unspecified atom stereocenters. The molecule has 18 heavy (non-hydrogen) atoms. The van der Waals surface area contributed by atoms with Crippen LogP contribution in [0.1, 0.15) is 16.7 Å². The van der Waals surface area contributed by atoms with E-state index in [2.05, 4.69) is 53.3 Å². The van der Waals surface area contributed by atoms with Crippen molar-refractivity contribution in [3.8, 4) is 0 Å². The average molecular weight is 308 g/mol. The third-order valence-electron chi connectivity index (χ3n) is 2.86. The van der Waals surface area contributed by atoms with Gasteiger partial charge in [0.25, 0.3) is 0 Å². The van der Waals surface area contributed by atoms with E-state index in [0.717, 1.165) is 15.7 Å². The lowest BCUT2D eigenvalue weighted by molar-refractivity contribution is 0.625. The van der Waals surface area contributed by atoms with E-state index in [1.165, 1.54) is 17.2 Å². The van der Waals surface area contributed by atoms with E-state index in [1.54, 1.807) is 12.1 Å². The molecule has 1 N–H and O–H groups in total. The summed E-state index contributed by atoms with van der Waals surface area (Å²) in [7, 11) is 0. The Hall–Kier alpha value is -1.35. The van der Waals surface area contributed by atoms with Crippen molar-refractivity contribution in [2.45, 2.75) is 20.4 Å². The molecule has 3 heteroatoms. The van der Waals surface area contributed by atoms with Crippen molar-refractivity contribution in [1.29, 1.82) is 0 Å². The van der Waals surface area contributed by atoms with Crippen LogP contribution < -0.4 is 5.32 Å². The molecule has 0 bridgehead atoms. The zero-order valence-corrected chi connectivity index (χ0v) is 12.0. The number of rotatable bonds is 3. The standard InChI is InChI=1S/C15H15BrFN/c1-10-3-6-15(11(2)7-10)18-9-12-8-13(17)4-5-14(12)16/h3-8,18H,9H2,1-2H3. The van der Waals surface area contributed by atoms with Crippen molar-refractivity contribution in [2.75, 3.05) is 5.32 Å². The summed E-state index contributed by atoms with van der Waals surface area (Å²) in [5.41, 5.74) is 4.43. The van der Waals surface area contributed by atoms with Crippen LogP contribution in [-0.2, 0) is 6.54 Å². The van der Waals surface area contributed by atoms with Crippen LogP contribution in [0.2, 0.25) is 0 Å². The molecule has 0 radical (unpaired) electrons. The number of benzene rings is 2. The minimum atomic E-state index is -0.212. The van der Waals surface area contributed by atoms with Crippen LogP contribution >= 0.6 is 15.9 Å². The average Bonchev–Trinajstić information content (AvgIpc) is 2.32. The number of halogens is 2. The fourth-order valence-electron chi connectivity index (χ4n) is 1.88. The summed E-state index contributed by atoms with van der Waals surface area (Å²) in [6.45, 7) is 4.73. The van der Waals surface area contributed by atoms with Gasteiger partial charge in [0.1, 0.15) is 5.82 Å². The van der Waals surface area contributed by atoms with E-state index >= 15 is 0 Å². The highest BCUT2D eigenvalue weighted by molar-refractivity contribution is 9.10. The van der Waals surface area contributed by atoms with Crippen molar-refractivity contribution in [3.63, 3.8) is 0 Å². The quantitative estimate of drug-likeness (QED) is 0.857. The SMILES string of the molecule is Cc1ccc(NCc2cc(F)ccc2Br)c(C)c1. The molecule has 0 saturated heterocycles. The second kappa shape index (κ2) is 5.53. The molecule has 0 aliphatic rings. The Morgan fingerprint density at radius 2 is 1.89 bits per heavy atom. The Labute approximate surface area is 115 Å². The first-order chi connectivity index (χ1) is 8.56. The van der Waals surface area contributed by atoms with Crippen molar-refractivity contribution < 1.29 is 4.39 Å². The Bertz CT molecular complexity index is 566.